The molecule has 6 rings (SSSR count). The summed E-state index contributed by atoms with van der Waals surface area (Å²) in [5.74, 6) is 0.193. The van der Waals surface area contributed by atoms with Crippen molar-refractivity contribution in [2.75, 3.05) is 65.6 Å². The molecule has 86 heavy (non-hydrogen) atoms. The van der Waals surface area contributed by atoms with Crippen LogP contribution in [0.5, 0.6) is 0 Å². The van der Waals surface area contributed by atoms with E-state index in [4.69, 9.17) is 31.2 Å². The van der Waals surface area contributed by atoms with Crippen LogP contribution in [-0.4, -0.2) is 138 Å². The van der Waals surface area contributed by atoms with Crippen molar-refractivity contribution in [3.05, 3.63) is 128 Å². The zero-order chi connectivity index (χ0) is 63.7. The maximum Gasteiger partial charge on any atom is 0.409 e. The van der Waals surface area contributed by atoms with E-state index in [0.29, 0.717) is 79.8 Å². The van der Waals surface area contributed by atoms with Crippen LogP contribution < -0.4 is 10.5 Å². The maximum absolute atomic E-state index is 14.3. The molecular weight excluding hydrogens is 1180 g/mol. The lowest BCUT2D eigenvalue weighted by molar-refractivity contribution is -0.135. The Labute approximate surface area is 522 Å². The van der Waals surface area contributed by atoms with E-state index in [0.717, 1.165) is 38.9 Å². The molecule has 3 N–H and O–H groups in total. The molecule has 4 aromatic rings. The van der Waals surface area contributed by atoms with Gasteiger partial charge in [-0.15, -0.1) is 12.4 Å². The van der Waals surface area contributed by atoms with E-state index in [-0.39, 0.29) is 90.9 Å². The summed E-state index contributed by atoms with van der Waals surface area (Å²) >= 11 is 0. The van der Waals surface area contributed by atoms with Crippen molar-refractivity contribution in [2.24, 2.45) is 5.73 Å². The number of hydrogen-bond donors (Lipinski definition) is 2. The highest BCUT2D eigenvalue weighted by Crippen LogP contribution is 2.38. The first-order valence-corrected chi connectivity index (χ1v) is 33.1. The second-order valence-corrected chi connectivity index (χ2v) is 27.4. The Morgan fingerprint density at radius 1 is 0.535 bits per heavy atom. The molecule has 2 aliphatic heterocycles. The Balaban J connectivity index is 0.000000371. The van der Waals surface area contributed by atoms with Gasteiger partial charge in [-0.1, -0.05) is 132 Å². The molecule has 0 aromatic heterocycles. The molecular formula is C64H90Cl2N8O10S2. The first-order chi connectivity index (χ1) is 39.9. The summed E-state index contributed by atoms with van der Waals surface area (Å²) in [6.07, 6.45) is -0.319. The van der Waals surface area contributed by atoms with Crippen molar-refractivity contribution in [1.82, 2.24) is 24.3 Å². The standard InChI is InChI=1S/C32H44N4O5S.C17H22N4O3.C15H23ClO2S.ClH/c1-8-41-32(38)36-14-12-35(13-15-36)31(37)29(17-24-10-9-11-25(16-24)20-33)34-42(39,40)30-27(22(4)5)18-26(21(2)3)19-28(30)23(6)7;1-2-24-17(23)21-8-6-20(7-9-21)16(22)15(19)11-13-4-3-5-14(10-13)12-18;1-9(2)12-7-13(10(3)4)15(19(16,17)18)14(8-12)11(5)6;/h9-11,16,18-19,21-23,29,34H,8,12-15,17H2,1-7H3;3-5,10,15H,2,6-9,11,19H2,1H3;7-11H,1-6H3;1H/t29-;15-;;/m00../s1. The third-order valence-electron chi connectivity index (χ3n) is 14.8. The van der Waals surface area contributed by atoms with Crippen LogP contribution in [0.2, 0.25) is 0 Å². The van der Waals surface area contributed by atoms with Gasteiger partial charge in [-0.25, -0.2) is 26.4 Å². The number of rotatable bonds is 18. The van der Waals surface area contributed by atoms with E-state index in [1.54, 1.807) is 75.9 Å². The number of ether oxygens (including phenoxy) is 2. The van der Waals surface area contributed by atoms with Gasteiger partial charge < -0.3 is 34.8 Å². The first kappa shape index (κ1) is 74.0. The van der Waals surface area contributed by atoms with Crippen LogP contribution >= 0.6 is 23.1 Å². The number of benzene rings is 4. The molecule has 0 bridgehead atoms. The van der Waals surface area contributed by atoms with Crippen LogP contribution in [0.4, 0.5) is 9.59 Å². The van der Waals surface area contributed by atoms with Gasteiger partial charge in [0.15, 0.2) is 0 Å². The summed E-state index contributed by atoms with van der Waals surface area (Å²) < 4.78 is 65.3. The average molecular weight is 1270 g/mol. The van der Waals surface area contributed by atoms with E-state index in [1.165, 1.54) is 0 Å². The summed E-state index contributed by atoms with van der Waals surface area (Å²) in [7, 11) is -2.21. The number of nitrogens with zero attached hydrogens (tertiary/aromatic N) is 6. The van der Waals surface area contributed by atoms with E-state index in [9.17, 15) is 41.3 Å². The zero-order valence-corrected chi connectivity index (χ0v) is 55.7. The van der Waals surface area contributed by atoms with E-state index < -0.39 is 37.3 Å². The van der Waals surface area contributed by atoms with Crippen molar-refractivity contribution in [3.8, 4) is 12.1 Å². The number of nitriles is 2. The average Bonchev–Trinajstić information content (AvgIpc) is 1.05. The summed E-state index contributed by atoms with van der Waals surface area (Å²) in [4.78, 5) is 57.2. The summed E-state index contributed by atoms with van der Waals surface area (Å²) in [6, 6.07) is 24.2. The van der Waals surface area contributed by atoms with Crippen LogP contribution in [-0.2, 0) is 51.0 Å². The molecule has 472 valence electrons. The normalized spacial score (nSPS) is 14.4. The van der Waals surface area contributed by atoms with E-state index in [2.05, 4.69) is 44.6 Å². The van der Waals surface area contributed by atoms with Crippen LogP contribution in [0.3, 0.4) is 0 Å². The number of hydrogen-bond acceptors (Lipinski definition) is 13. The van der Waals surface area contributed by atoms with Gasteiger partial charge in [0.1, 0.15) is 6.04 Å². The zero-order valence-electron chi connectivity index (χ0n) is 52.5. The Morgan fingerprint density at radius 2 is 0.872 bits per heavy atom. The lowest BCUT2D eigenvalue weighted by atomic mass is 9.89. The highest BCUT2D eigenvalue weighted by molar-refractivity contribution is 8.13. The molecule has 0 radical (unpaired) electrons. The number of sulfonamides is 1. The van der Waals surface area contributed by atoms with Gasteiger partial charge in [-0.05, 0) is 131 Å². The van der Waals surface area contributed by atoms with Crippen LogP contribution in [0.15, 0.2) is 82.6 Å². The molecule has 2 aliphatic rings. The molecule has 2 heterocycles. The molecule has 0 saturated carbocycles. The Bertz CT molecular complexity index is 3210. The number of nitrogens with two attached hydrogens (primary N) is 1. The molecule has 0 unspecified atom stereocenters. The Hall–Kier alpha value is -6.26. The Kier molecular flexibility index (Phi) is 29.0. The molecule has 2 saturated heterocycles. The Morgan fingerprint density at radius 3 is 1.20 bits per heavy atom. The fourth-order valence-electron chi connectivity index (χ4n) is 10.0. The second-order valence-electron chi connectivity index (χ2n) is 23.3. The van der Waals surface area contributed by atoms with Crippen LogP contribution in [0.25, 0.3) is 0 Å². The molecule has 4 aromatic carbocycles. The van der Waals surface area contributed by atoms with E-state index >= 15 is 0 Å². The summed E-state index contributed by atoms with van der Waals surface area (Å²) in [5, 5.41) is 18.3. The first-order valence-electron chi connectivity index (χ1n) is 29.4. The van der Waals surface area contributed by atoms with Gasteiger partial charge in [0, 0.05) is 63.0 Å². The minimum absolute atomic E-state index is 0. The smallest absolute Gasteiger partial charge is 0.409 e. The number of piperazine rings is 2. The van der Waals surface area contributed by atoms with Crippen LogP contribution in [0, 0.1) is 22.7 Å². The summed E-state index contributed by atoms with van der Waals surface area (Å²) in [6.45, 7) is 31.2. The molecule has 2 fully saturated rings. The number of amides is 4. The van der Waals surface area contributed by atoms with E-state index in [1.807, 2.05) is 85.7 Å². The molecule has 22 heteroatoms. The topological polar surface area (TPSA) is 254 Å². The number of halogens is 2. The highest BCUT2D eigenvalue weighted by Gasteiger charge is 2.36. The van der Waals surface area contributed by atoms with Gasteiger partial charge in [0.2, 0.25) is 21.8 Å². The second kappa shape index (κ2) is 33.8. The number of carbonyl (C=O) groups is 4. The molecule has 2 atom stereocenters. The predicted octanol–water partition coefficient (Wildman–Crippen LogP) is 11.3. The van der Waals surface area contributed by atoms with Crippen molar-refractivity contribution in [2.45, 2.75) is 167 Å². The van der Waals surface area contributed by atoms with Crippen molar-refractivity contribution in [1.29, 1.82) is 10.5 Å². The predicted molar refractivity (Wildman–Crippen MR) is 340 cm³/mol. The molecule has 4 amide bonds. The fraction of sp³-hybridized carbons (Fsp3) is 0.531. The van der Waals surface area contributed by atoms with Crippen molar-refractivity contribution < 1.29 is 45.5 Å². The lowest BCUT2D eigenvalue weighted by Crippen LogP contribution is -2.56. The van der Waals surface area contributed by atoms with Gasteiger partial charge in [-0.3, -0.25) is 9.59 Å². The third kappa shape index (κ3) is 20.7. The van der Waals surface area contributed by atoms with Gasteiger partial charge in [0.05, 0.1) is 52.3 Å². The molecule has 18 nitrogen and oxygen atoms in total. The van der Waals surface area contributed by atoms with Crippen LogP contribution in [0.1, 0.15) is 188 Å². The largest absolute Gasteiger partial charge is 0.450 e. The minimum Gasteiger partial charge on any atom is -0.450 e. The van der Waals surface area contributed by atoms with Crippen molar-refractivity contribution in [3.63, 3.8) is 0 Å². The number of carbonyl (C=O) groups excluding carboxylic acids is 4. The monoisotopic (exact) mass is 1260 g/mol. The number of nitrogens with one attached hydrogen (secondary N) is 1. The SMILES string of the molecule is CC(C)c1cc(C(C)C)c(S(=O)(=O)Cl)c(C(C)C)c1.CCOC(=O)N1CCN(C(=O)[C@@H](N)Cc2cccc(C#N)c2)CC1.CCOC(=O)N1CCN(C(=O)[C@H](Cc2cccc(C#N)c2)NS(=O)(=O)c2c(C(C)C)cc(C(C)C)cc2C(C)C)CC1.Cl. The minimum atomic E-state index is -4.15. The van der Waals surface area contributed by atoms with Gasteiger partial charge in [0.25, 0.3) is 9.05 Å². The fourth-order valence-corrected chi connectivity index (χ4v) is 13.6. The van der Waals surface area contributed by atoms with Gasteiger partial charge >= 0.3 is 12.2 Å². The van der Waals surface area contributed by atoms with Gasteiger partial charge in [-0.2, -0.15) is 15.2 Å². The lowest BCUT2D eigenvalue weighted by Gasteiger charge is -2.36. The molecule has 0 spiro atoms. The summed E-state index contributed by atoms with van der Waals surface area (Å²) in [5.41, 5.74) is 13.9. The highest BCUT2D eigenvalue weighted by atomic mass is 35.7. The molecule has 0 aliphatic carbocycles. The van der Waals surface area contributed by atoms with Crippen molar-refractivity contribution >= 4 is 66.2 Å². The third-order valence-corrected chi connectivity index (χ3v) is 17.9. The maximum atomic E-state index is 14.3. The quantitative estimate of drug-likeness (QED) is 0.0880.